The molecular weight excluding hydrogens is 294 g/mol. The molecule has 2 aromatic rings. The first-order valence-corrected chi connectivity index (χ1v) is 8.30. The average Bonchev–Trinajstić information content (AvgIpc) is 3.27. The maximum absolute atomic E-state index is 12.2. The lowest BCUT2D eigenvalue weighted by Crippen LogP contribution is -2.23. The van der Waals surface area contributed by atoms with Crippen molar-refractivity contribution in [2.45, 2.75) is 38.6 Å². The van der Waals surface area contributed by atoms with Crippen molar-refractivity contribution in [1.29, 1.82) is 0 Å². The highest BCUT2D eigenvalue weighted by Crippen LogP contribution is 2.48. The fourth-order valence-corrected chi connectivity index (χ4v) is 4.11. The lowest BCUT2D eigenvalue weighted by molar-refractivity contribution is -0.150. The van der Waals surface area contributed by atoms with Gasteiger partial charge in [0.05, 0.1) is 18.9 Å². The molecule has 3 atom stereocenters. The van der Waals surface area contributed by atoms with Gasteiger partial charge in [-0.2, -0.15) is 0 Å². The minimum Gasteiger partial charge on any atom is -0.465 e. The van der Waals surface area contributed by atoms with E-state index >= 15 is 0 Å². The van der Waals surface area contributed by atoms with Gasteiger partial charge in [-0.15, -0.1) is 0 Å². The van der Waals surface area contributed by atoms with Crippen LogP contribution in [0, 0.1) is 17.8 Å². The van der Waals surface area contributed by atoms with Crippen molar-refractivity contribution >= 4 is 23.0 Å². The van der Waals surface area contributed by atoms with Crippen molar-refractivity contribution in [1.82, 2.24) is 19.5 Å². The SMILES string of the molecule is Nc1ncnc2c1ncn2CCCOC(=O)C1CC2CCC1C2. The topological polar surface area (TPSA) is 95.9 Å². The number of ether oxygens (including phenoxy) is 1. The molecule has 7 nitrogen and oxygen atoms in total. The summed E-state index contributed by atoms with van der Waals surface area (Å²) in [5, 5.41) is 0. The number of nitrogens with zero attached hydrogens (tertiary/aromatic N) is 4. The minimum absolute atomic E-state index is 0.000686. The fraction of sp³-hybridized carbons (Fsp3) is 0.625. The Bertz CT molecular complexity index is 728. The molecule has 0 aromatic carbocycles. The first kappa shape index (κ1) is 14.4. The molecule has 0 aliphatic heterocycles. The third kappa shape index (κ3) is 2.64. The van der Waals surface area contributed by atoms with E-state index in [0.717, 1.165) is 24.4 Å². The Morgan fingerprint density at radius 1 is 1.30 bits per heavy atom. The number of nitrogen functional groups attached to an aromatic ring is 1. The molecule has 3 unspecified atom stereocenters. The van der Waals surface area contributed by atoms with Crippen LogP contribution in [0.25, 0.3) is 11.2 Å². The van der Waals surface area contributed by atoms with Crippen LogP contribution in [0.4, 0.5) is 5.82 Å². The van der Waals surface area contributed by atoms with Gasteiger partial charge < -0.3 is 15.0 Å². The summed E-state index contributed by atoms with van der Waals surface area (Å²) in [7, 11) is 0. The molecule has 2 heterocycles. The van der Waals surface area contributed by atoms with Gasteiger partial charge in [-0.05, 0) is 37.5 Å². The highest BCUT2D eigenvalue weighted by Gasteiger charge is 2.43. The smallest absolute Gasteiger partial charge is 0.309 e. The third-order valence-electron chi connectivity index (χ3n) is 5.26. The summed E-state index contributed by atoms with van der Waals surface area (Å²) >= 11 is 0. The Labute approximate surface area is 134 Å². The summed E-state index contributed by atoms with van der Waals surface area (Å²) in [6.07, 6.45) is 8.63. The predicted octanol–water partition coefficient (Wildman–Crippen LogP) is 1.78. The van der Waals surface area contributed by atoms with Crippen LogP contribution in [0.3, 0.4) is 0 Å². The molecule has 2 aromatic heterocycles. The summed E-state index contributed by atoms with van der Waals surface area (Å²) in [5.41, 5.74) is 7.10. The number of rotatable bonds is 5. The van der Waals surface area contributed by atoms with Gasteiger partial charge in [0.1, 0.15) is 11.8 Å². The van der Waals surface area contributed by atoms with Crippen molar-refractivity contribution in [3.05, 3.63) is 12.7 Å². The van der Waals surface area contributed by atoms with Crippen LogP contribution < -0.4 is 5.73 Å². The van der Waals surface area contributed by atoms with Gasteiger partial charge in [0, 0.05) is 6.54 Å². The highest BCUT2D eigenvalue weighted by molar-refractivity contribution is 5.81. The monoisotopic (exact) mass is 315 g/mol. The van der Waals surface area contributed by atoms with Gasteiger partial charge in [-0.1, -0.05) is 6.42 Å². The second-order valence-corrected chi connectivity index (χ2v) is 6.67. The Morgan fingerprint density at radius 2 is 2.22 bits per heavy atom. The third-order valence-corrected chi connectivity index (χ3v) is 5.26. The second kappa shape index (κ2) is 5.79. The number of aromatic nitrogens is 4. The zero-order valence-electron chi connectivity index (χ0n) is 13.0. The number of fused-ring (bicyclic) bond motifs is 3. The first-order chi connectivity index (χ1) is 11.2. The highest BCUT2D eigenvalue weighted by atomic mass is 16.5. The largest absolute Gasteiger partial charge is 0.465 e. The van der Waals surface area contributed by atoms with E-state index in [1.807, 2.05) is 4.57 Å². The number of carbonyl (C=O) groups is 1. The summed E-state index contributed by atoms with van der Waals surface area (Å²) in [5.74, 6) is 1.87. The van der Waals surface area contributed by atoms with E-state index in [1.54, 1.807) is 6.33 Å². The molecule has 0 spiro atoms. The van der Waals surface area contributed by atoms with E-state index in [9.17, 15) is 4.79 Å². The normalized spacial score (nSPS) is 26.0. The predicted molar refractivity (Wildman–Crippen MR) is 84.2 cm³/mol. The number of nitrogens with two attached hydrogens (primary N) is 1. The van der Waals surface area contributed by atoms with Crippen molar-refractivity contribution in [2.24, 2.45) is 17.8 Å². The van der Waals surface area contributed by atoms with E-state index in [2.05, 4.69) is 15.0 Å². The minimum atomic E-state index is -0.000686. The maximum atomic E-state index is 12.2. The van der Waals surface area contributed by atoms with Crippen LogP contribution in [-0.4, -0.2) is 32.1 Å². The number of carbonyl (C=O) groups excluding carboxylic acids is 1. The Morgan fingerprint density at radius 3 is 3.00 bits per heavy atom. The van der Waals surface area contributed by atoms with E-state index < -0.39 is 0 Å². The van der Waals surface area contributed by atoms with Crippen molar-refractivity contribution in [3.63, 3.8) is 0 Å². The van der Waals surface area contributed by atoms with Crippen LogP contribution >= 0.6 is 0 Å². The number of hydrogen-bond acceptors (Lipinski definition) is 6. The second-order valence-electron chi connectivity index (χ2n) is 6.67. The average molecular weight is 315 g/mol. The van der Waals surface area contributed by atoms with Gasteiger partial charge in [0.25, 0.3) is 0 Å². The molecule has 0 amide bonds. The van der Waals surface area contributed by atoms with E-state index in [1.165, 1.54) is 25.6 Å². The molecule has 7 heteroatoms. The van der Waals surface area contributed by atoms with Crippen molar-refractivity contribution in [3.8, 4) is 0 Å². The Hall–Kier alpha value is -2.18. The zero-order valence-corrected chi connectivity index (χ0v) is 13.0. The molecule has 2 aliphatic carbocycles. The van der Waals surface area contributed by atoms with Crippen LogP contribution in [0.15, 0.2) is 12.7 Å². The quantitative estimate of drug-likeness (QED) is 0.667. The maximum Gasteiger partial charge on any atom is 0.309 e. The summed E-state index contributed by atoms with van der Waals surface area (Å²) in [4.78, 5) is 24.5. The molecule has 4 rings (SSSR count). The number of esters is 1. The molecule has 2 N–H and O–H groups in total. The van der Waals surface area contributed by atoms with Crippen LogP contribution in [-0.2, 0) is 16.1 Å². The summed E-state index contributed by atoms with van der Waals surface area (Å²) in [6.45, 7) is 1.13. The lowest BCUT2D eigenvalue weighted by Gasteiger charge is -2.19. The summed E-state index contributed by atoms with van der Waals surface area (Å²) < 4.78 is 7.40. The molecule has 122 valence electrons. The Kier molecular flexibility index (Phi) is 3.63. The van der Waals surface area contributed by atoms with Gasteiger partial charge in [0.2, 0.25) is 0 Å². The van der Waals surface area contributed by atoms with Crippen LogP contribution in [0.5, 0.6) is 0 Å². The number of hydrogen-bond donors (Lipinski definition) is 1. The van der Waals surface area contributed by atoms with E-state index in [0.29, 0.717) is 30.4 Å². The molecular formula is C16H21N5O2. The molecule has 2 saturated carbocycles. The molecule has 0 radical (unpaired) electrons. The van der Waals surface area contributed by atoms with Gasteiger partial charge in [0.15, 0.2) is 11.5 Å². The van der Waals surface area contributed by atoms with Gasteiger partial charge >= 0.3 is 5.97 Å². The number of aryl methyl sites for hydroxylation is 1. The van der Waals surface area contributed by atoms with Crippen molar-refractivity contribution < 1.29 is 9.53 Å². The molecule has 2 fully saturated rings. The van der Waals surface area contributed by atoms with Crippen LogP contribution in [0.1, 0.15) is 32.1 Å². The number of anilines is 1. The molecule has 0 saturated heterocycles. The van der Waals surface area contributed by atoms with Crippen molar-refractivity contribution in [2.75, 3.05) is 12.3 Å². The van der Waals surface area contributed by atoms with Gasteiger partial charge in [-0.3, -0.25) is 4.79 Å². The van der Waals surface area contributed by atoms with E-state index in [-0.39, 0.29) is 11.9 Å². The molecule has 2 aliphatic rings. The fourth-order valence-electron chi connectivity index (χ4n) is 4.11. The van der Waals surface area contributed by atoms with Gasteiger partial charge in [-0.25, -0.2) is 15.0 Å². The number of imidazole rings is 1. The zero-order chi connectivity index (χ0) is 15.8. The van der Waals surface area contributed by atoms with Crippen LogP contribution in [0.2, 0.25) is 0 Å². The standard InChI is InChI=1S/C16H21N5O2/c17-14-13-15(19-8-18-14)21(9-20-13)4-1-5-23-16(22)12-7-10-2-3-11(12)6-10/h8-12H,1-7H2,(H2,17,18,19). The Balaban J connectivity index is 1.28. The summed E-state index contributed by atoms with van der Waals surface area (Å²) in [6, 6.07) is 0. The first-order valence-electron chi connectivity index (χ1n) is 8.30. The molecule has 23 heavy (non-hydrogen) atoms. The van der Waals surface area contributed by atoms with E-state index in [4.69, 9.17) is 10.5 Å². The lowest BCUT2D eigenvalue weighted by atomic mass is 9.89. The molecule has 2 bridgehead atoms.